The molecule has 1 unspecified atom stereocenters. The van der Waals surface area contributed by atoms with Gasteiger partial charge in [0.25, 0.3) is 0 Å². The van der Waals surface area contributed by atoms with Crippen molar-refractivity contribution < 1.29 is 4.79 Å². The molecule has 1 amide bonds. The van der Waals surface area contributed by atoms with Crippen LogP contribution < -0.4 is 10.6 Å². The van der Waals surface area contributed by atoms with Gasteiger partial charge in [0.1, 0.15) is 0 Å². The number of rotatable bonds is 7. The lowest BCUT2D eigenvalue weighted by atomic mass is 10.0. The number of aryl methyl sites for hydroxylation is 1. The Kier molecular flexibility index (Phi) is 7.15. The van der Waals surface area contributed by atoms with Gasteiger partial charge in [-0.2, -0.15) is 0 Å². The maximum Gasteiger partial charge on any atom is 0.221 e. The molecule has 0 fully saturated rings. The van der Waals surface area contributed by atoms with Crippen LogP contribution in [-0.4, -0.2) is 38.0 Å². The Morgan fingerprint density at radius 1 is 1.38 bits per heavy atom. The van der Waals surface area contributed by atoms with Crippen LogP contribution in [0, 0.1) is 6.92 Å². The molecule has 0 radical (unpaired) electrons. The van der Waals surface area contributed by atoms with Crippen LogP contribution >= 0.6 is 11.6 Å². The molecule has 1 aromatic rings. The molecule has 21 heavy (non-hydrogen) atoms. The standard InChI is InChI=1S/C16H26ClN3O/c1-11-9-14(10-15(17)16(11)19-13(3)21)12(2)18-7-6-8-20(4)5/h9-10,12,18H,6-8H2,1-5H3,(H,19,21). The van der Waals surface area contributed by atoms with Gasteiger partial charge in [-0.15, -0.1) is 0 Å². The predicted molar refractivity (Wildman–Crippen MR) is 90.1 cm³/mol. The SMILES string of the molecule is CC(=O)Nc1c(C)cc(C(C)NCCCN(C)C)cc1Cl. The maximum atomic E-state index is 11.2. The van der Waals surface area contributed by atoms with E-state index >= 15 is 0 Å². The minimum atomic E-state index is -0.109. The minimum Gasteiger partial charge on any atom is -0.325 e. The summed E-state index contributed by atoms with van der Waals surface area (Å²) in [5.74, 6) is -0.109. The first-order valence-corrected chi connectivity index (χ1v) is 7.64. The number of carbonyl (C=O) groups excluding carboxylic acids is 1. The summed E-state index contributed by atoms with van der Waals surface area (Å²) in [4.78, 5) is 13.4. The van der Waals surface area contributed by atoms with E-state index in [1.807, 2.05) is 13.0 Å². The van der Waals surface area contributed by atoms with Gasteiger partial charge in [0.15, 0.2) is 0 Å². The van der Waals surface area contributed by atoms with Crippen molar-refractivity contribution in [1.29, 1.82) is 0 Å². The number of benzene rings is 1. The van der Waals surface area contributed by atoms with Gasteiger partial charge in [-0.25, -0.2) is 0 Å². The molecule has 1 atom stereocenters. The third kappa shape index (κ3) is 6.04. The first-order chi connectivity index (χ1) is 9.81. The minimum absolute atomic E-state index is 0.109. The van der Waals surface area contributed by atoms with Crippen molar-refractivity contribution in [3.63, 3.8) is 0 Å². The zero-order valence-corrected chi connectivity index (χ0v) is 14.3. The number of nitrogens with zero attached hydrogens (tertiary/aromatic N) is 1. The monoisotopic (exact) mass is 311 g/mol. The highest BCUT2D eigenvalue weighted by molar-refractivity contribution is 6.34. The van der Waals surface area contributed by atoms with Crippen LogP contribution in [0.5, 0.6) is 0 Å². The van der Waals surface area contributed by atoms with E-state index in [1.165, 1.54) is 6.92 Å². The average Bonchev–Trinajstić information content (AvgIpc) is 2.38. The number of hydrogen-bond acceptors (Lipinski definition) is 3. The van der Waals surface area contributed by atoms with E-state index in [0.29, 0.717) is 10.7 Å². The van der Waals surface area contributed by atoms with Crippen LogP contribution in [-0.2, 0) is 4.79 Å². The highest BCUT2D eigenvalue weighted by Crippen LogP contribution is 2.29. The van der Waals surface area contributed by atoms with Gasteiger partial charge < -0.3 is 15.5 Å². The van der Waals surface area contributed by atoms with Gasteiger partial charge in [-0.1, -0.05) is 17.7 Å². The van der Waals surface area contributed by atoms with E-state index in [9.17, 15) is 4.79 Å². The van der Waals surface area contributed by atoms with Gasteiger partial charge in [0, 0.05) is 13.0 Å². The highest BCUT2D eigenvalue weighted by Gasteiger charge is 2.11. The molecule has 0 aromatic heterocycles. The Balaban J connectivity index is 2.68. The van der Waals surface area contributed by atoms with Crippen molar-refractivity contribution in [1.82, 2.24) is 10.2 Å². The number of anilines is 1. The molecule has 118 valence electrons. The zero-order valence-electron chi connectivity index (χ0n) is 13.6. The smallest absolute Gasteiger partial charge is 0.221 e. The molecule has 0 bridgehead atoms. The van der Waals surface area contributed by atoms with Gasteiger partial charge in [-0.3, -0.25) is 4.79 Å². The summed E-state index contributed by atoms with van der Waals surface area (Å²) in [6.07, 6.45) is 1.11. The number of amides is 1. The number of carbonyl (C=O) groups is 1. The lowest BCUT2D eigenvalue weighted by Crippen LogP contribution is -2.24. The Labute approximate surface area is 132 Å². The summed E-state index contributed by atoms with van der Waals surface area (Å²) >= 11 is 6.28. The van der Waals surface area contributed by atoms with E-state index in [4.69, 9.17) is 11.6 Å². The van der Waals surface area contributed by atoms with E-state index in [0.717, 1.165) is 30.6 Å². The largest absolute Gasteiger partial charge is 0.325 e. The Hall–Kier alpha value is -1.10. The van der Waals surface area contributed by atoms with Crippen molar-refractivity contribution in [2.75, 3.05) is 32.5 Å². The molecule has 0 saturated heterocycles. The van der Waals surface area contributed by atoms with Crippen molar-refractivity contribution in [2.24, 2.45) is 0 Å². The average molecular weight is 312 g/mol. The lowest BCUT2D eigenvalue weighted by Gasteiger charge is -2.18. The maximum absolute atomic E-state index is 11.2. The van der Waals surface area contributed by atoms with E-state index in [-0.39, 0.29) is 11.9 Å². The molecule has 1 rings (SSSR count). The molecule has 0 aliphatic heterocycles. The zero-order chi connectivity index (χ0) is 16.0. The molecule has 0 aliphatic rings. The second kappa shape index (κ2) is 8.37. The van der Waals surface area contributed by atoms with E-state index in [2.05, 4.69) is 42.6 Å². The Bertz CT molecular complexity index is 465. The Morgan fingerprint density at radius 3 is 2.57 bits per heavy atom. The molecular formula is C16H26ClN3O. The molecule has 0 heterocycles. The number of hydrogen-bond donors (Lipinski definition) is 2. The lowest BCUT2D eigenvalue weighted by molar-refractivity contribution is -0.114. The second-order valence-corrected chi connectivity index (χ2v) is 6.12. The molecule has 0 spiro atoms. The second-order valence-electron chi connectivity index (χ2n) is 5.71. The van der Waals surface area contributed by atoms with Crippen LogP contribution in [0.25, 0.3) is 0 Å². The van der Waals surface area contributed by atoms with Gasteiger partial charge in [-0.05, 0) is 64.6 Å². The molecule has 2 N–H and O–H groups in total. The summed E-state index contributed by atoms with van der Waals surface area (Å²) in [5, 5.41) is 6.86. The van der Waals surface area contributed by atoms with Crippen LogP contribution in [0.1, 0.15) is 37.4 Å². The molecule has 1 aromatic carbocycles. The van der Waals surface area contributed by atoms with Crippen molar-refractivity contribution >= 4 is 23.2 Å². The normalized spacial score (nSPS) is 12.5. The van der Waals surface area contributed by atoms with Crippen LogP contribution in [0.4, 0.5) is 5.69 Å². The van der Waals surface area contributed by atoms with Gasteiger partial charge in [0.05, 0.1) is 10.7 Å². The summed E-state index contributed by atoms with van der Waals surface area (Å²) in [7, 11) is 4.15. The summed E-state index contributed by atoms with van der Waals surface area (Å²) < 4.78 is 0. The van der Waals surface area contributed by atoms with Crippen molar-refractivity contribution in [2.45, 2.75) is 33.2 Å². The third-order valence-corrected chi connectivity index (χ3v) is 3.64. The summed E-state index contributed by atoms with van der Waals surface area (Å²) in [6, 6.07) is 4.22. The first-order valence-electron chi connectivity index (χ1n) is 7.27. The van der Waals surface area contributed by atoms with Gasteiger partial charge in [0.2, 0.25) is 5.91 Å². The first kappa shape index (κ1) is 18.0. The van der Waals surface area contributed by atoms with E-state index < -0.39 is 0 Å². The third-order valence-electron chi connectivity index (χ3n) is 3.34. The molecule has 4 nitrogen and oxygen atoms in total. The van der Waals surface area contributed by atoms with Gasteiger partial charge >= 0.3 is 0 Å². The highest BCUT2D eigenvalue weighted by atomic mass is 35.5. The quantitative estimate of drug-likeness (QED) is 0.760. The fraction of sp³-hybridized carbons (Fsp3) is 0.562. The molecule has 0 aliphatic carbocycles. The molecule has 5 heteroatoms. The van der Waals surface area contributed by atoms with E-state index in [1.54, 1.807) is 0 Å². The van der Waals surface area contributed by atoms with Crippen molar-refractivity contribution in [3.8, 4) is 0 Å². The topological polar surface area (TPSA) is 44.4 Å². The summed E-state index contributed by atoms with van der Waals surface area (Å²) in [6.45, 7) is 7.60. The van der Waals surface area contributed by atoms with Crippen LogP contribution in [0.15, 0.2) is 12.1 Å². The van der Waals surface area contributed by atoms with Crippen LogP contribution in [0.2, 0.25) is 5.02 Å². The number of nitrogens with one attached hydrogen (secondary N) is 2. The van der Waals surface area contributed by atoms with Crippen molar-refractivity contribution in [3.05, 3.63) is 28.3 Å². The fourth-order valence-electron chi connectivity index (χ4n) is 2.19. The summed E-state index contributed by atoms with van der Waals surface area (Å²) in [5.41, 5.74) is 2.82. The van der Waals surface area contributed by atoms with Crippen LogP contribution in [0.3, 0.4) is 0 Å². The molecular weight excluding hydrogens is 286 g/mol. The fourth-order valence-corrected chi connectivity index (χ4v) is 2.51. The Morgan fingerprint density at radius 2 is 2.05 bits per heavy atom. The molecule has 0 saturated carbocycles. The number of halogens is 1. The predicted octanol–water partition coefficient (Wildman–Crippen LogP) is 3.21.